The number of aryl methyl sites for hydroxylation is 1. The number of fused-ring (bicyclic) bond motifs is 4. The fourth-order valence-electron chi connectivity index (χ4n) is 3.97. The van der Waals surface area contributed by atoms with Gasteiger partial charge in [0, 0.05) is 17.0 Å². The first-order valence-electron chi connectivity index (χ1n) is 9.46. The molecule has 0 saturated heterocycles. The molecule has 0 amide bonds. The first-order chi connectivity index (χ1) is 14.1. The van der Waals surface area contributed by atoms with Gasteiger partial charge in [-0.05, 0) is 43.2 Å². The third-order valence-electron chi connectivity index (χ3n) is 5.22. The van der Waals surface area contributed by atoms with E-state index in [1.54, 1.807) is 0 Å². The van der Waals surface area contributed by atoms with Gasteiger partial charge in [0.25, 0.3) is 0 Å². The molecule has 0 saturated carbocycles. The van der Waals surface area contributed by atoms with E-state index in [1.165, 1.54) is 6.92 Å². The SMILES string of the molecule is CC([O-])=NCC#Cc1ccc2c3cccc4c3c([n+](C)c2c1)-c1ccccc1O4. The Morgan fingerprint density at radius 3 is 2.72 bits per heavy atom. The second-order valence-corrected chi connectivity index (χ2v) is 7.05. The molecular formula is C25H18N2O2. The van der Waals surface area contributed by atoms with Crippen LogP contribution in [0.25, 0.3) is 32.9 Å². The molecular weight excluding hydrogens is 360 g/mol. The fraction of sp³-hybridized carbons (Fsp3) is 0.120. The van der Waals surface area contributed by atoms with Crippen LogP contribution in [0.4, 0.5) is 0 Å². The number of para-hydroxylation sites is 1. The molecule has 4 aromatic rings. The summed E-state index contributed by atoms with van der Waals surface area (Å²) in [6.07, 6.45) is 0. The molecule has 1 aromatic heterocycles. The number of benzene rings is 3. The van der Waals surface area contributed by atoms with Gasteiger partial charge in [-0.15, -0.1) is 0 Å². The molecule has 140 valence electrons. The lowest BCUT2D eigenvalue weighted by Gasteiger charge is -2.20. The van der Waals surface area contributed by atoms with Crippen LogP contribution in [0.5, 0.6) is 11.5 Å². The average Bonchev–Trinajstić information content (AvgIpc) is 2.73. The van der Waals surface area contributed by atoms with Crippen molar-refractivity contribution >= 4 is 27.6 Å². The lowest BCUT2D eigenvalue weighted by Crippen LogP contribution is -2.33. The molecule has 0 spiro atoms. The van der Waals surface area contributed by atoms with Crippen molar-refractivity contribution in [3.05, 3.63) is 66.2 Å². The van der Waals surface area contributed by atoms with Crippen LogP contribution < -0.4 is 14.4 Å². The fourth-order valence-corrected chi connectivity index (χ4v) is 3.97. The molecule has 0 fully saturated rings. The highest BCUT2D eigenvalue weighted by Gasteiger charge is 2.29. The van der Waals surface area contributed by atoms with Gasteiger partial charge in [0.1, 0.15) is 18.5 Å². The average molecular weight is 378 g/mol. The highest BCUT2D eigenvalue weighted by molar-refractivity contribution is 6.12. The topological polar surface area (TPSA) is 48.5 Å². The minimum absolute atomic E-state index is 0.202. The maximum Gasteiger partial charge on any atom is 0.228 e. The van der Waals surface area contributed by atoms with Crippen molar-refractivity contribution in [2.75, 3.05) is 6.54 Å². The van der Waals surface area contributed by atoms with E-state index in [1.807, 2.05) is 36.4 Å². The summed E-state index contributed by atoms with van der Waals surface area (Å²) < 4.78 is 8.40. The van der Waals surface area contributed by atoms with Gasteiger partial charge < -0.3 is 9.84 Å². The molecule has 0 bridgehead atoms. The van der Waals surface area contributed by atoms with Crippen LogP contribution in [-0.2, 0) is 7.05 Å². The Morgan fingerprint density at radius 2 is 1.86 bits per heavy atom. The van der Waals surface area contributed by atoms with E-state index >= 15 is 0 Å². The summed E-state index contributed by atoms with van der Waals surface area (Å²) in [5, 5.41) is 14.4. The molecule has 0 radical (unpaired) electrons. The minimum atomic E-state index is -0.202. The second kappa shape index (κ2) is 6.65. The van der Waals surface area contributed by atoms with Gasteiger partial charge in [-0.3, -0.25) is 4.99 Å². The van der Waals surface area contributed by atoms with Crippen molar-refractivity contribution in [1.29, 1.82) is 0 Å². The van der Waals surface area contributed by atoms with Crippen LogP contribution in [-0.4, -0.2) is 12.4 Å². The first-order valence-corrected chi connectivity index (χ1v) is 9.46. The van der Waals surface area contributed by atoms with Crippen molar-refractivity contribution < 1.29 is 14.4 Å². The predicted molar refractivity (Wildman–Crippen MR) is 113 cm³/mol. The number of pyridine rings is 1. The zero-order chi connectivity index (χ0) is 20.0. The summed E-state index contributed by atoms with van der Waals surface area (Å²) in [6.45, 7) is 1.65. The monoisotopic (exact) mass is 378 g/mol. The third-order valence-corrected chi connectivity index (χ3v) is 5.22. The van der Waals surface area contributed by atoms with Gasteiger partial charge in [-0.1, -0.05) is 36.1 Å². The summed E-state index contributed by atoms with van der Waals surface area (Å²) in [5.41, 5.74) is 4.21. The normalized spacial score (nSPS) is 12.3. The zero-order valence-corrected chi connectivity index (χ0v) is 16.2. The maximum atomic E-state index is 11.0. The quantitative estimate of drug-likeness (QED) is 0.147. The minimum Gasteiger partial charge on any atom is -0.862 e. The molecule has 5 rings (SSSR count). The van der Waals surface area contributed by atoms with Crippen LogP contribution in [0.2, 0.25) is 0 Å². The third kappa shape index (κ3) is 2.79. The number of hydrogen-bond acceptors (Lipinski definition) is 3. The van der Waals surface area contributed by atoms with Crippen LogP contribution in [0.3, 0.4) is 0 Å². The van der Waals surface area contributed by atoms with Crippen molar-refractivity contribution in [2.45, 2.75) is 6.92 Å². The number of nitrogens with zero attached hydrogens (tertiary/aromatic N) is 2. The van der Waals surface area contributed by atoms with E-state index in [-0.39, 0.29) is 12.4 Å². The Hall–Kier alpha value is -3.84. The molecule has 0 N–H and O–H groups in total. The number of hydrogen-bond donors (Lipinski definition) is 0. The highest BCUT2D eigenvalue weighted by Crippen LogP contribution is 2.46. The number of aliphatic imine (C=N–C) groups is 1. The Morgan fingerprint density at radius 1 is 1.03 bits per heavy atom. The van der Waals surface area contributed by atoms with E-state index in [0.717, 1.165) is 50.0 Å². The summed E-state index contributed by atoms with van der Waals surface area (Å²) in [4.78, 5) is 3.80. The zero-order valence-electron chi connectivity index (χ0n) is 16.2. The molecule has 4 nitrogen and oxygen atoms in total. The van der Waals surface area contributed by atoms with Crippen molar-refractivity contribution in [3.63, 3.8) is 0 Å². The summed E-state index contributed by atoms with van der Waals surface area (Å²) in [6, 6.07) is 20.5. The van der Waals surface area contributed by atoms with Crippen molar-refractivity contribution in [2.24, 2.45) is 12.0 Å². The summed E-state index contributed by atoms with van der Waals surface area (Å²) in [5.74, 6) is 7.61. The molecule has 0 unspecified atom stereocenters. The standard InChI is InChI=1S/C25H18N2O2/c1-16(28)26-14-6-7-17-12-13-18-19-9-5-11-23-24(19)25(27(2)21(18)15-17)20-8-3-4-10-22(20)29-23/h3-5,8-13,15H,14H2,1-2H3. The van der Waals surface area contributed by atoms with Crippen LogP contribution in [0.1, 0.15) is 12.5 Å². The molecule has 4 heteroatoms. The van der Waals surface area contributed by atoms with Gasteiger partial charge in [0.05, 0.1) is 22.9 Å². The maximum absolute atomic E-state index is 11.0. The molecule has 2 heterocycles. The van der Waals surface area contributed by atoms with Gasteiger partial charge in [0.15, 0.2) is 0 Å². The molecule has 1 aliphatic rings. The number of aromatic nitrogens is 1. The lowest BCUT2D eigenvalue weighted by atomic mass is 9.95. The smallest absolute Gasteiger partial charge is 0.228 e. The molecule has 0 atom stereocenters. The van der Waals surface area contributed by atoms with Gasteiger partial charge in [-0.2, -0.15) is 4.57 Å². The number of rotatable bonds is 1. The van der Waals surface area contributed by atoms with Gasteiger partial charge >= 0.3 is 0 Å². The first kappa shape index (κ1) is 17.3. The van der Waals surface area contributed by atoms with Crippen LogP contribution >= 0.6 is 0 Å². The van der Waals surface area contributed by atoms with E-state index < -0.39 is 0 Å². The van der Waals surface area contributed by atoms with Crippen LogP contribution in [0, 0.1) is 11.8 Å². The second-order valence-electron chi connectivity index (χ2n) is 7.05. The van der Waals surface area contributed by atoms with Gasteiger partial charge in [-0.25, -0.2) is 0 Å². The highest BCUT2D eigenvalue weighted by atomic mass is 16.5. The Bertz CT molecular complexity index is 1390. The van der Waals surface area contributed by atoms with Gasteiger partial charge in [0.2, 0.25) is 11.2 Å². The Balaban J connectivity index is 1.78. The van der Waals surface area contributed by atoms with Crippen LogP contribution in [0.15, 0.2) is 65.7 Å². The largest absolute Gasteiger partial charge is 0.862 e. The van der Waals surface area contributed by atoms with Crippen molar-refractivity contribution in [3.8, 4) is 34.6 Å². The van der Waals surface area contributed by atoms with E-state index in [4.69, 9.17) is 4.74 Å². The van der Waals surface area contributed by atoms with Crippen molar-refractivity contribution in [1.82, 2.24) is 0 Å². The summed E-state index contributed by atoms with van der Waals surface area (Å²) >= 11 is 0. The molecule has 29 heavy (non-hydrogen) atoms. The lowest BCUT2D eigenvalue weighted by molar-refractivity contribution is -0.632. The summed E-state index contributed by atoms with van der Waals surface area (Å²) in [7, 11) is 2.08. The predicted octanol–water partition coefficient (Wildman–Crippen LogP) is 3.72. The van der Waals surface area contributed by atoms with E-state index in [2.05, 4.69) is 52.7 Å². The van der Waals surface area contributed by atoms with E-state index in [0.29, 0.717) is 0 Å². The van der Waals surface area contributed by atoms with E-state index in [9.17, 15) is 5.11 Å². The Kier molecular flexibility index (Phi) is 3.96. The molecule has 3 aromatic carbocycles. The molecule has 0 aliphatic carbocycles. The molecule has 1 aliphatic heterocycles. The number of ether oxygens (including phenoxy) is 1. The Labute approximate surface area is 168 Å².